The van der Waals surface area contributed by atoms with Gasteiger partial charge in [-0.25, -0.2) is 22.0 Å². The average Bonchev–Trinajstić information content (AvgIpc) is 2.69. The fourth-order valence-electron chi connectivity index (χ4n) is 3.05. The zero-order valence-electron chi connectivity index (χ0n) is 16.3. The van der Waals surface area contributed by atoms with Crippen molar-refractivity contribution in [3.05, 3.63) is 88.7 Å². The zero-order chi connectivity index (χ0) is 22.8. The van der Waals surface area contributed by atoms with Gasteiger partial charge >= 0.3 is 6.11 Å². The lowest BCUT2D eigenvalue weighted by molar-refractivity contribution is -0.189. The third kappa shape index (κ3) is 5.00. The second kappa shape index (κ2) is 8.99. The van der Waals surface area contributed by atoms with Crippen molar-refractivity contribution in [1.29, 1.82) is 0 Å². The smallest absolute Gasteiger partial charge is 0.429 e. The lowest BCUT2D eigenvalue weighted by atomic mass is 10.00. The Kier molecular flexibility index (Phi) is 6.57. The van der Waals surface area contributed by atoms with Crippen molar-refractivity contribution >= 4 is 0 Å². The third-order valence-electron chi connectivity index (χ3n) is 4.64. The van der Waals surface area contributed by atoms with E-state index in [1.165, 1.54) is 0 Å². The zero-order valence-corrected chi connectivity index (χ0v) is 16.3. The number of halogens is 7. The molecule has 0 fully saturated rings. The van der Waals surface area contributed by atoms with Crippen LogP contribution in [0.1, 0.15) is 30.9 Å². The molecule has 0 spiro atoms. The summed E-state index contributed by atoms with van der Waals surface area (Å²) in [5.74, 6) is -9.82. The SMILES string of the molecule is CCCCc1ccc(-c2cc(F)c(C(F)(F)Oc3cc(F)c(F)c(F)c3)c(F)c2)cc1. The molecule has 8 heteroatoms. The van der Waals surface area contributed by atoms with E-state index in [4.69, 9.17) is 0 Å². The van der Waals surface area contributed by atoms with Gasteiger partial charge in [-0.15, -0.1) is 0 Å². The van der Waals surface area contributed by atoms with Gasteiger partial charge in [-0.05, 0) is 41.7 Å². The Balaban J connectivity index is 1.90. The molecule has 3 aromatic rings. The van der Waals surface area contributed by atoms with Crippen molar-refractivity contribution in [2.45, 2.75) is 32.3 Å². The van der Waals surface area contributed by atoms with Crippen LogP contribution in [0.3, 0.4) is 0 Å². The first-order valence-corrected chi connectivity index (χ1v) is 9.42. The Bertz CT molecular complexity index is 1030. The van der Waals surface area contributed by atoms with E-state index >= 15 is 0 Å². The van der Waals surface area contributed by atoms with Gasteiger partial charge in [0.2, 0.25) is 0 Å². The summed E-state index contributed by atoms with van der Waals surface area (Å²) in [6.07, 6.45) is -1.79. The Morgan fingerprint density at radius 2 is 1.29 bits per heavy atom. The standard InChI is InChI=1S/C23H17F7O/c1-2-3-4-13-5-7-14(8-6-13)15-9-17(24)21(18(25)10-15)23(29,30)31-16-11-19(26)22(28)20(27)12-16/h5-12H,2-4H2,1H3. The molecule has 0 heterocycles. The summed E-state index contributed by atoms with van der Waals surface area (Å²) in [6, 6.07) is 8.53. The first kappa shape index (κ1) is 22.7. The summed E-state index contributed by atoms with van der Waals surface area (Å²) in [4.78, 5) is 0. The lowest BCUT2D eigenvalue weighted by Crippen LogP contribution is -2.25. The highest BCUT2D eigenvalue weighted by Gasteiger charge is 2.41. The molecule has 0 aliphatic carbocycles. The topological polar surface area (TPSA) is 9.23 Å². The number of hydrogen-bond donors (Lipinski definition) is 0. The van der Waals surface area contributed by atoms with Gasteiger partial charge in [-0.3, -0.25) is 0 Å². The molecule has 0 amide bonds. The van der Waals surface area contributed by atoms with Gasteiger partial charge in [0.25, 0.3) is 0 Å². The van der Waals surface area contributed by atoms with Crippen molar-refractivity contribution in [2.75, 3.05) is 0 Å². The van der Waals surface area contributed by atoms with Crippen molar-refractivity contribution in [3.63, 3.8) is 0 Å². The molecule has 0 saturated heterocycles. The molecule has 0 aliphatic heterocycles. The van der Waals surface area contributed by atoms with Crippen LogP contribution in [0.5, 0.6) is 5.75 Å². The normalized spacial score (nSPS) is 11.6. The van der Waals surface area contributed by atoms with E-state index in [2.05, 4.69) is 4.74 Å². The molecular formula is C23H17F7O. The molecule has 1 nitrogen and oxygen atoms in total. The minimum atomic E-state index is -4.62. The van der Waals surface area contributed by atoms with Crippen LogP contribution in [0.25, 0.3) is 11.1 Å². The number of ether oxygens (including phenoxy) is 1. The number of aryl methyl sites for hydroxylation is 1. The lowest BCUT2D eigenvalue weighted by Gasteiger charge is -2.20. The molecule has 164 valence electrons. The molecule has 3 aromatic carbocycles. The Hall–Kier alpha value is -3.03. The van der Waals surface area contributed by atoms with Crippen LogP contribution in [0.4, 0.5) is 30.7 Å². The molecule has 3 rings (SSSR count). The van der Waals surface area contributed by atoms with Gasteiger partial charge in [0.15, 0.2) is 17.5 Å². The Morgan fingerprint density at radius 1 is 0.742 bits per heavy atom. The summed E-state index contributed by atoms with van der Waals surface area (Å²) in [5, 5.41) is 0. The summed E-state index contributed by atoms with van der Waals surface area (Å²) < 4.78 is 101. The van der Waals surface area contributed by atoms with Gasteiger partial charge in [-0.2, -0.15) is 8.78 Å². The largest absolute Gasteiger partial charge is 0.432 e. The molecule has 0 saturated carbocycles. The number of rotatable bonds is 7. The first-order chi connectivity index (χ1) is 14.6. The molecule has 0 N–H and O–H groups in total. The monoisotopic (exact) mass is 442 g/mol. The minimum absolute atomic E-state index is 0.0236. The van der Waals surface area contributed by atoms with E-state index in [0.29, 0.717) is 17.7 Å². The van der Waals surface area contributed by atoms with Crippen molar-refractivity contribution < 1.29 is 35.5 Å². The van der Waals surface area contributed by atoms with E-state index in [-0.39, 0.29) is 17.7 Å². The molecule has 31 heavy (non-hydrogen) atoms. The third-order valence-corrected chi connectivity index (χ3v) is 4.64. The van der Waals surface area contributed by atoms with Crippen LogP contribution in [0.15, 0.2) is 48.5 Å². The van der Waals surface area contributed by atoms with E-state index in [9.17, 15) is 30.7 Å². The highest BCUT2D eigenvalue weighted by Crippen LogP contribution is 2.37. The summed E-state index contributed by atoms with van der Waals surface area (Å²) >= 11 is 0. The van der Waals surface area contributed by atoms with Gasteiger partial charge < -0.3 is 4.74 Å². The van der Waals surface area contributed by atoms with E-state index < -0.39 is 46.5 Å². The summed E-state index contributed by atoms with van der Waals surface area (Å²) in [5.41, 5.74) is -0.269. The molecular weight excluding hydrogens is 425 g/mol. The maximum absolute atomic E-state index is 14.5. The predicted molar refractivity (Wildman–Crippen MR) is 101 cm³/mol. The Labute approximate surface area is 174 Å². The second-order valence-electron chi connectivity index (χ2n) is 6.94. The molecule has 0 atom stereocenters. The first-order valence-electron chi connectivity index (χ1n) is 9.42. The van der Waals surface area contributed by atoms with E-state index in [0.717, 1.165) is 24.8 Å². The van der Waals surface area contributed by atoms with Gasteiger partial charge in [0.05, 0.1) is 0 Å². The highest BCUT2D eigenvalue weighted by atomic mass is 19.3. The molecule has 0 unspecified atom stereocenters. The Morgan fingerprint density at radius 3 is 1.81 bits per heavy atom. The van der Waals surface area contributed by atoms with Crippen molar-refractivity contribution in [1.82, 2.24) is 0 Å². The highest BCUT2D eigenvalue weighted by molar-refractivity contribution is 5.64. The van der Waals surface area contributed by atoms with Crippen LogP contribution in [0, 0.1) is 29.1 Å². The molecule has 0 aromatic heterocycles. The quantitative estimate of drug-likeness (QED) is 0.272. The van der Waals surface area contributed by atoms with Crippen LogP contribution >= 0.6 is 0 Å². The molecule has 0 bridgehead atoms. The fraction of sp³-hybridized carbons (Fsp3) is 0.217. The fourth-order valence-corrected chi connectivity index (χ4v) is 3.05. The van der Waals surface area contributed by atoms with Gasteiger partial charge in [0.1, 0.15) is 22.9 Å². The summed E-state index contributed by atoms with van der Waals surface area (Å²) in [7, 11) is 0. The number of hydrogen-bond acceptors (Lipinski definition) is 1. The van der Waals surface area contributed by atoms with Crippen molar-refractivity contribution in [3.8, 4) is 16.9 Å². The molecule has 0 aliphatic rings. The van der Waals surface area contributed by atoms with E-state index in [1.807, 2.05) is 6.92 Å². The number of alkyl halides is 2. The average molecular weight is 442 g/mol. The maximum atomic E-state index is 14.5. The number of unbranched alkanes of at least 4 members (excludes halogenated alkanes) is 1. The second-order valence-corrected chi connectivity index (χ2v) is 6.94. The van der Waals surface area contributed by atoms with Crippen LogP contribution < -0.4 is 4.74 Å². The molecule has 0 radical (unpaired) electrons. The maximum Gasteiger partial charge on any atom is 0.432 e. The summed E-state index contributed by atoms with van der Waals surface area (Å²) in [6.45, 7) is 2.05. The van der Waals surface area contributed by atoms with Crippen LogP contribution in [0.2, 0.25) is 0 Å². The van der Waals surface area contributed by atoms with Gasteiger partial charge in [0, 0.05) is 12.1 Å². The minimum Gasteiger partial charge on any atom is -0.429 e. The van der Waals surface area contributed by atoms with Crippen LogP contribution in [-0.4, -0.2) is 0 Å². The predicted octanol–water partition coefficient (Wildman–Crippen LogP) is 7.52. The van der Waals surface area contributed by atoms with Gasteiger partial charge in [-0.1, -0.05) is 37.6 Å². The van der Waals surface area contributed by atoms with Crippen LogP contribution in [-0.2, 0) is 12.5 Å². The number of benzene rings is 3. The van der Waals surface area contributed by atoms with Crippen molar-refractivity contribution in [2.24, 2.45) is 0 Å². The van der Waals surface area contributed by atoms with E-state index in [1.54, 1.807) is 24.3 Å².